The molecular formula is C22H29BrN4O5. The van der Waals surface area contributed by atoms with Crippen molar-refractivity contribution in [3.8, 4) is 0 Å². The number of ether oxygens (including phenoxy) is 1. The van der Waals surface area contributed by atoms with E-state index in [1.165, 1.54) is 4.90 Å². The molecule has 174 valence electrons. The maximum atomic E-state index is 12.4. The van der Waals surface area contributed by atoms with E-state index < -0.39 is 5.60 Å². The Kier molecular flexibility index (Phi) is 7.43. The molecule has 32 heavy (non-hydrogen) atoms. The number of nitrogens with zero attached hydrogens (tertiary/aromatic N) is 2. The van der Waals surface area contributed by atoms with E-state index in [0.29, 0.717) is 50.0 Å². The average Bonchev–Trinajstić information content (AvgIpc) is 2.94. The van der Waals surface area contributed by atoms with Gasteiger partial charge < -0.3 is 20.3 Å². The van der Waals surface area contributed by atoms with E-state index in [1.807, 2.05) is 20.8 Å². The number of halogens is 1. The number of likely N-dealkylation sites (tertiary alicyclic amines) is 1. The van der Waals surface area contributed by atoms with Crippen molar-refractivity contribution in [1.82, 2.24) is 20.4 Å². The number of urea groups is 1. The third-order valence-corrected chi connectivity index (χ3v) is 5.75. The summed E-state index contributed by atoms with van der Waals surface area (Å²) in [6.45, 7) is 7.11. The van der Waals surface area contributed by atoms with E-state index in [1.54, 1.807) is 23.1 Å². The molecular weight excluding hydrogens is 480 g/mol. The standard InChI is InChI=1S/C22H29BrN4O5/c1-22(2,3)32-21(31)26-11-7-15(8-12-26)25-20(30)24-9-4-10-27-18(28)16-6-5-14(23)13-17(16)19(27)29/h5-6,13,15H,4,7-12H2,1-3H3,(H2,24,25,30). The van der Waals surface area contributed by atoms with Crippen LogP contribution in [-0.2, 0) is 4.74 Å². The number of imide groups is 1. The maximum absolute atomic E-state index is 12.4. The van der Waals surface area contributed by atoms with Crippen LogP contribution in [0.4, 0.5) is 9.59 Å². The Morgan fingerprint density at radius 3 is 2.44 bits per heavy atom. The Morgan fingerprint density at radius 2 is 1.78 bits per heavy atom. The highest BCUT2D eigenvalue weighted by molar-refractivity contribution is 9.10. The summed E-state index contributed by atoms with van der Waals surface area (Å²) in [4.78, 5) is 52.0. The number of carbonyl (C=O) groups excluding carboxylic acids is 4. The van der Waals surface area contributed by atoms with Crippen molar-refractivity contribution in [2.45, 2.75) is 51.7 Å². The van der Waals surface area contributed by atoms with Crippen LogP contribution < -0.4 is 10.6 Å². The molecule has 1 aromatic rings. The zero-order chi connectivity index (χ0) is 23.5. The monoisotopic (exact) mass is 508 g/mol. The summed E-state index contributed by atoms with van der Waals surface area (Å²) in [7, 11) is 0. The summed E-state index contributed by atoms with van der Waals surface area (Å²) < 4.78 is 6.12. The maximum Gasteiger partial charge on any atom is 0.410 e. The lowest BCUT2D eigenvalue weighted by atomic mass is 10.1. The van der Waals surface area contributed by atoms with E-state index in [4.69, 9.17) is 4.74 Å². The molecule has 0 aliphatic carbocycles. The summed E-state index contributed by atoms with van der Waals surface area (Å²) >= 11 is 3.31. The second-order valence-corrected chi connectivity index (χ2v) is 9.86. The van der Waals surface area contributed by atoms with E-state index in [9.17, 15) is 19.2 Å². The Labute approximate surface area is 196 Å². The molecule has 0 spiro atoms. The molecule has 10 heteroatoms. The number of hydrogen-bond acceptors (Lipinski definition) is 5. The Morgan fingerprint density at radius 1 is 1.12 bits per heavy atom. The predicted molar refractivity (Wildman–Crippen MR) is 121 cm³/mol. The number of carbonyl (C=O) groups is 4. The van der Waals surface area contributed by atoms with Crippen molar-refractivity contribution in [2.75, 3.05) is 26.2 Å². The van der Waals surface area contributed by atoms with Gasteiger partial charge >= 0.3 is 12.1 Å². The van der Waals surface area contributed by atoms with Gasteiger partial charge in [-0.3, -0.25) is 14.5 Å². The quantitative estimate of drug-likeness (QED) is 0.469. The molecule has 2 heterocycles. The first-order valence-corrected chi connectivity index (χ1v) is 11.5. The normalized spacial score (nSPS) is 16.8. The molecule has 3 rings (SSSR count). The SMILES string of the molecule is CC(C)(C)OC(=O)N1CCC(NC(=O)NCCCN2C(=O)c3ccc(Br)cc3C2=O)CC1. The average molecular weight is 509 g/mol. The smallest absolute Gasteiger partial charge is 0.410 e. The molecule has 1 saturated heterocycles. The van der Waals surface area contributed by atoms with Crippen molar-refractivity contribution in [1.29, 1.82) is 0 Å². The molecule has 0 radical (unpaired) electrons. The zero-order valence-corrected chi connectivity index (χ0v) is 20.2. The van der Waals surface area contributed by atoms with Gasteiger partial charge in [-0.05, 0) is 58.2 Å². The summed E-state index contributed by atoms with van der Waals surface area (Å²) in [6, 6.07) is 4.70. The largest absolute Gasteiger partial charge is 0.444 e. The molecule has 1 aromatic carbocycles. The van der Waals surface area contributed by atoms with E-state index in [2.05, 4.69) is 26.6 Å². The van der Waals surface area contributed by atoms with Gasteiger partial charge in [0.25, 0.3) is 11.8 Å². The fourth-order valence-corrected chi connectivity index (χ4v) is 4.04. The number of hydrogen-bond donors (Lipinski definition) is 2. The fourth-order valence-electron chi connectivity index (χ4n) is 3.67. The Hall–Kier alpha value is -2.62. The number of benzene rings is 1. The summed E-state index contributed by atoms with van der Waals surface area (Å²) in [5.41, 5.74) is 0.269. The molecule has 9 nitrogen and oxygen atoms in total. The number of fused-ring (bicyclic) bond motifs is 1. The van der Waals surface area contributed by atoms with Crippen molar-refractivity contribution < 1.29 is 23.9 Å². The van der Waals surface area contributed by atoms with Crippen molar-refractivity contribution in [3.63, 3.8) is 0 Å². The van der Waals surface area contributed by atoms with Gasteiger partial charge in [0.1, 0.15) is 5.60 Å². The van der Waals surface area contributed by atoms with Gasteiger partial charge in [0.2, 0.25) is 0 Å². The first-order chi connectivity index (χ1) is 15.0. The molecule has 2 N–H and O–H groups in total. The van der Waals surface area contributed by atoms with Gasteiger partial charge in [0.15, 0.2) is 0 Å². The van der Waals surface area contributed by atoms with Gasteiger partial charge in [0, 0.05) is 36.7 Å². The van der Waals surface area contributed by atoms with Crippen LogP contribution in [0.2, 0.25) is 0 Å². The van der Waals surface area contributed by atoms with E-state index >= 15 is 0 Å². The van der Waals surface area contributed by atoms with Gasteiger partial charge in [-0.1, -0.05) is 15.9 Å². The van der Waals surface area contributed by atoms with Crippen LogP contribution in [0.3, 0.4) is 0 Å². The second kappa shape index (κ2) is 9.89. The molecule has 0 saturated carbocycles. The van der Waals surface area contributed by atoms with Gasteiger partial charge in [-0.15, -0.1) is 0 Å². The minimum absolute atomic E-state index is 0.0247. The first-order valence-electron chi connectivity index (χ1n) is 10.7. The third kappa shape index (κ3) is 5.99. The Balaban J connectivity index is 1.35. The van der Waals surface area contributed by atoms with Crippen LogP contribution in [0, 0.1) is 0 Å². The summed E-state index contributed by atoms with van der Waals surface area (Å²) in [5.74, 6) is -0.619. The van der Waals surface area contributed by atoms with Crippen LogP contribution in [0.5, 0.6) is 0 Å². The lowest BCUT2D eigenvalue weighted by Crippen LogP contribution is -2.50. The summed E-state index contributed by atoms with van der Waals surface area (Å²) in [6.07, 6.45) is 1.42. The van der Waals surface area contributed by atoms with Gasteiger partial charge in [-0.25, -0.2) is 9.59 Å². The molecule has 1 fully saturated rings. The van der Waals surface area contributed by atoms with Crippen LogP contribution in [0.15, 0.2) is 22.7 Å². The van der Waals surface area contributed by atoms with Gasteiger partial charge in [-0.2, -0.15) is 0 Å². The van der Waals surface area contributed by atoms with Crippen LogP contribution >= 0.6 is 15.9 Å². The van der Waals surface area contributed by atoms with E-state index in [-0.39, 0.29) is 36.5 Å². The highest BCUT2D eigenvalue weighted by Crippen LogP contribution is 2.26. The number of rotatable bonds is 5. The third-order valence-electron chi connectivity index (χ3n) is 5.26. The number of nitrogens with one attached hydrogen (secondary N) is 2. The minimum Gasteiger partial charge on any atom is -0.444 e. The molecule has 0 aromatic heterocycles. The number of piperidine rings is 1. The molecule has 2 aliphatic heterocycles. The first kappa shape index (κ1) is 24.0. The minimum atomic E-state index is -0.532. The predicted octanol–water partition coefficient (Wildman–Crippen LogP) is 3.13. The summed E-state index contributed by atoms with van der Waals surface area (Å²) in [5, 5.41) is 5.68. The highest BCUT2D eigenvalue weighted by Gasteiger charge is 2.35. The van der Waals surface area contributed by atoms with Crippen LogP contribution in [-0.4, -0.2) is 71.6 Å². The van der Waals surface area contributed by atoms with Crippen molar-refractivity contribution >= 4 is 39.9 Å². The topological polar surface area (TPSA) is 108 Å². The Bertz CT molecular complexity index is 906. The lowest BCUT2D eigenvalue weighted by Gasteiger charge is -2.33. The lowest BCUT2D eigenvalue weighted by molar-refractivity contribution is 0.0201. The van der Waals surface area contributed by atoms with Gasteiger partial charge in [0.05, 0.1) is 11.1 Å². The molecule has 2 aliphatic rings. The van der Waals surface area contributed by atoms with Crippen molar-refractivity contribution in [2.24, 2.45) is 0 Å². The van der Waals surface area contributed by atoms with Crippen molar-refractivity contribution in [3.05, 3.63) is 33.8 Å². The number of amides is 5. The fraction of sp³-hybridized carbons (Fsp3) is 0.545. The van der Waals surface area contributed by atoms with Crippen LogP contribution in [0.1, 0.15) is 60.7 Å². The molecule has 0 atom stereocenters. The molecule has 5 amide bonds. The molecule has 0 bridgehead atoms. The van der Waals surface area contributed by atoms with E-state index in [0.717, 1.165) is 4.47 Å². The second-order valence-electron chi connectivity index (χ2n) is 8.95. The highest BCUT2D eigenvalue weighted by atomic mass is 79.9. The van der Waals surface area contributed by atoms with Crippen LogP contribution in [0.25, 0.3) is 0 Å². The molecule has 0 unspecified atom stereocenters. The zero-order valence-electron chi connectivity index (χ0n) is 18.6.